The van der Waals surface area contributed by atoms with Gasteiger partial charge in [-0.2, -0.15) is 0 Å². The van der Waals surface area contributed by atoms with E-state index < -0.39 is 26.1 Å². The van der Waals surface area contributed by atoms with E-state index in [1.165, 1.54) is 0 Å². The van der Waals surface area contributed by atoms with Crippen LogP contribution in [0, 0.1) is 0 Å². The predicted octanol–water partition coefficient (Wildman–Crippen LogP) is 4.96. The average molecular weight is 499 g/mol. The Morgan fingerprint density at radius 2 is 1.40 bits per heavy atom. The Hall–Kier alpha value is -2.67. The fourth-order valence-electron chi connectivity index (χ4n) is 4.60. The third kappa shape index (κ3) is 5.61. The number of rotatable bonds is 10. The fourth-order valence-corrected chi connectivity index (χ4v) is 5.11. The van der Waals surface area contributed by atoms with Crippen molar-refractivity contribution in [3.05, 3.63) is 95.6 Å². The van der Waals surface area contributed by atoms with Gasteiger partial charge in [-0.15, -0.1) is 0 Å². The summed E-state index contributed by atoms with van der Waals surface area (Å²) in [5.74, 6) is 1.47. The summed E-state index contributed by atoms with van der Waals surface area (Å²) in [4.78, 5) is 9.38. The van der Waals surface area contributed by atoms with Crippen molar-refractivity contribution in [2.45, 2.75) is 37.3 Å². The lowest BCUT2D eigenvalue weighted by Crippen LogP contribution is -2.38. The lowest BCUT2D eigenvalue weighted by atomic mass is 9.80. The maximum Gasteiger partial charge on any atom is 0.316 e. The van der Waals surface area contributed by atoms with Crippen molar-refractivity contribution in [3.63, 3.8) is 0 Å². The van der Waals surface area contributed by atoms with Crippen LogP contribution in [0.4, 0.5) is 0 Å². The van der Waals surface area contributed by atoms with Crippen molar-refractivity contribution in [3.8, 4) is 11.5 Å². The molecule has 35 heavy (non-hydrogen) atoms. The zero-order valence-electron chi connectivity index (χ0n) is 20.0. The summed E-state index contributed by atoms with van der Waals surface area (Å²) in [7, 11) is 0.150. The number of hydrogen-bond acceptors (Lipinski definition) is 6. The number of methoxy groups -OCH3 is 2. The molecule has 1 aliphatic heterocycles. The molecule has 1 heterocycles. The number of hydrogen-bond donors (Lipinski definition) is 1. The molecule has 7 nitrogen and oxygen atoms in total. The molecule has 3 aromatic carbocycles. The Morgan fingerprint density at radius 3 is 1.89 bits per heavy atom. The normalized spacial score (nSPS) is 21.0. The molecular formula is C27H31O7P. The molecule has 1 N–H and O–H groups in total. The SMILES string of the molecule is COc1ccc(C(OC[C@H]2O[C@@H](C)C[C@H]2O[PH](=O)O)(c2ccccc2)c2ccc(OC)cc2)cc1. The Bertz CT molecular complexity index is 1060. The highest BCUT2D eigenvalue weighted by atomic mass is 31.1. The Labute approximate surface area is 206 Å². The summed E-state index contributed by atoms with van der Waals surface area (Å²) in [6.07, 6.45) is -0.607. The van der Waals surface area contributed by atoms with Gasteiger partial charge in [0.1, 0.15) is 23.2 Å². The smallest absolute Gasteiger partial charge is 0.316 e. The van der Waals surface area contributed by atoms with Gasteiger partial charge in [-0.1, -0.05) is 54.6 Å². The molecule has 186 valence electrons. The van der Waals surface area contributed by atoms with Crippen LogP contribution < -0.4 is 9.47 Å². The van der Waals surface area contributed by atoms with Crippen LogP contribution in [0.1, 0.15) is 30.0 Å². The van der Waals surface area contributed by atoms with Gasteiger partial charge in [0.25, 0.3) is 0 Å². The van der Waals surface area contributed by atoms with E-state index in [0.29, 0.717) is 6.42 Å². The minimum absolute atomic E-state index is 0.108. The Morgan fingerprint density at radius 1 is 0.886 bits per heavy atom. The van der Waals surface area contributed by atoms with Crippen molar-refractivity contribution >= 4 is 8.25 Å². The molecular weight excluding hydrogens is 467 g/mol. The maximum atomic E-state index is 11.4. The monoisotopic (exact) mass is 498 g/mol. The summed E-state index contributed by atoms with van der Waals surface area (Å²) in [5, 5.41) is 0. The first-order chi connectivity index (χ1) is 17.0. The molecule has 3 aromatic rings. The van der Waals surface area contributed by atoms with Crippen molar-refractivity contribution < 1.29 is 32.9 Å². The van der Waals surface area contributed by atoms with E-state index in [2.05, 4.69) is 0 Å². The van der Waals surface area contributed by atoms with E-state index in [1.807, 2.05) is 85.8 Å². The third-order valence-corrected chi connectivity index (χ3v) is 6.78. The molecule has 4 atom stereocenters. The van der Waals surface area contributed by atoms with E-state index in [1.54, 1.807) is 14.2 Å². The van der Waals surface area contributed by atoms with Gasteiger partial charge in [-0.25, -0.2) is 0 Å². The van der Waals surface area contributed by atoms with Crippen LogP contribution in [0.3, 0.4) is 0 Å². The maximum absolute atomic E-state index is 11.4. The highest BCUT2D eigenvalue weighted by Gasteiger charge is 2.42. The Kier molecular flexibility index (Phi) is 8.26. The summed E-state index contributed by atoms with van der Waals surface area (Å²) >= 11 is 0. The van der Waals surface area contributed by atoms with Crippen LogP contribution in [0.25, 0.3) is 0 Å². The van der Waals surface area contributed by atoms with Crippen LogP contribution in [0.5, 0.6) is 11.5 Å². The highest BCUT2D eigenvalue weighted by molar-refractivity contribution is 7.32. The van der Waals surface area contributed by atoms with E-state index in [9.17, 15) is 9.46 Å². The second kappa shape index (κ2) is 11.4. The van der Waals surface area contributed by atoms with Crippen LogP contribution in [0.15, 0.2) is 78.9 Å². The number of benzene rings is 3. The van der Waals surface area contributed by atoms with Crippen molar-refractivity contribution in [2.75, 3.05) is 20.8 Å². The molecule has 1 unspecified atom stereocenters. The summed E-state index contributed by atoms with van der Waals surface area (Å²) in [6.45, 7) is 2.07. The van der Waals surface area contributed by atoms with Crippen LogP contribution in [-0.2, 0) is 24.2 Å². The third-order valence-electron chi connectivity index (χ3n) is 6.28. The minimum Gasteiger partial charge on any atom is -0.497 e. The largest absolute Gasteiger partial charge is 0.497 e. The molecule has 1 fully saturated rings. The standard InChI is InChI=1S/C27H31O7P/c1-19-17-25(34-35(28)29)26(33-19)18-32-27(20-7-5-4-6-8-20,21-9-13-23(30-2)14-10-21)22-11-15-24(31-3)16-12-22/h4-16,19,25-26,35H,17-18H2,1-3H3,(H,28,29)/t19-,25+,26+/m0/s1. The lowest BCUT2D eigenvalue weighted by molar-refractivity contribution is -0.0765. The molecule has 0 saturated carbocycles. The van der Waals surface area contributed by atoms with Crippen LogP contribution in [0.2, 0.25) is 0 Å². The molecule has 1 aliphatic rings. The van der Waals surface area contributed by atoms with Crippen molar-refractivity contribution in [2.24, 2.45) is 0 Å². The molecule has 0 bridgehead atoms. The molecule has 1 saturated heterocycles. The van der Waals surface area contributed by atoms with Gasteiger partial charge in [0.2, 0.25) is 0 Å². The molecule has 0 radical (unpaired) electrons. The van der Waals surface area contributed by atoms with Gasteiger partial charge in [-0.05, 0) is 47.9 Å². The summed E-state index contributed by atoms with van der Waals surface area (Å²) < 4.78 is 40.4. The van der Waals surface area contributed by atoms with Gasteiger partial charge in [0, 0.05) is 6.42 Å². The van der Waals surface area contributed by atoms with Crippen LogP contribution in [-0.4, -0.2) is 44.0 Å². The zero-order valence-corrected chi connectivity index (χ0v) is 21.0. The first-order valence-electron chi connectivity index (χ1n) is 11.5. The van der Waals surface area contributed by atoms with Gasteiger partial charge in [-0.3, -0.25) is 4.57 Å². The van der Waals surface area contributed by atoms with E-state index >= 15 is 0 Å². The van der Waals surface area contributed by atoms with Gasteiger partial charge < -0.3 is 28.4 Å². The van der Waals surface area contributed by atoms with E-state index in [-0.39, 0.29) is 12.7 Å². The van der Waals surface area contributed by atoms with Crippen molar-refractivity contribution in [1.82, 2.24) is 0 Å². The quantitative estimate of drug-likeness (QED) is 0.313. The summed E-state index contributed by atoms with van der Waals surface area (Å²) in [6, 6.07) is 25.5. The zero-order chi connectivity index (χ0) is 24.8. The van der Waals surface area contributed by atoms with Gasteiger partial charge in [0.15, 0.2) is 0 Å². The average Bonchev–Trinajstić information content (AvgIpc) is 3.23. The molecule has 0 aliphatic carbocycles. The fraction of sp³-hybridized carbons (Fsp3) is 0.333. The minimum atomic E-state index is -3.11. The van der Waals surface area contributed by atoms with Gasteiger partial charge >= 0.3 is 8.25 Å². The first-order valence-corrected chi connectivity index (χ1v) is 12.8. The van der Waals surface area contributed by atoms with Crippen LogP contribution >= 0.6 is 8.25 Å². The molecule has 0 spiro atoms. The molecule has 8 heteroatoms. The molecule has 0 aromatic heterocycles. The topological polar surface area (TPSA) is 83.5 Å². The number of ether oxygens (including phenoxy) is 4. The molecule has 0 amide bonds. The van der Waals surface area contributed by atoms with E-state index in [0.717, 1.165) is 28.2 Å². The van der Waals surface area contributed by atoms with Crippen molar-refractivity contribution in [1.29, 1.82) is 0 Å². The summed E-state index contributed by atoms with van der Waals surface area (Å²) in [5.41, 5.74) is 1.72. The lowest BCUT2D eigenvalue weighted by Gasteiger charge is -2.37. The predicted molar refractivity (Wildman–Crippen MR) is 133 cm³/mol. The highest BCUT2D eigenvalue weighted by Crippen LogP contribution is 2.42. The second-order valence-corrected chi connectivity index (χ2v) is 9.23. The Balaban J connectivity index is 1.81. The molecule has 4 rings (SSSR count). The second-order valence-electron chi connectivity index (χ2n) is 8.46. The first kappa shape index (κ1) is 25.4. The van der Waals surface area contributed by atoms with E-state index in [4.69, 9.17) is 23.5 Å². The van der Waals surface area contributed by atoms with Gasteiger partial charge in [0.05, 0.1) is 33.0 Å².